The van der Waals surface area contributed by atoms with Crippen LogP contribution in [-0.2, 0) is 14.3 Å². The molecule has 1 heterocycles. The number of carbonyl (C=O) groups is 2. The van der Waals surface area contributed by atoms with Crippen molar-refractivity contribution in [1.82, 2.24) is 4.98 Å². The number of hydrogen-bond donors (Lipinski definition) is 0. The first-order valence-electron chi connectivity index (χ1n) is 6.07. The molecule has 0 aliphatic rings. The minimum Gasteiger partial charge on any atom is -0.465 e. The average molecular weight is 266 g/mol. The lowest BCUT2D eigenvalue weighted by Gasteiger charge is -2.20. The first-order valence-corrected chi connectivity index (χ1v) is 6.07. The summed E-state index contributed by atoms with van der Waals surface area (Å²) in [5, 5.41) is 0. The van der Waals surface area contributed by atoms with Gasteiger partial charge >= 0.3 is 11.9 Å². The molecule has 6 heteroatoms. The smallest absolute Gasteiger partial charge is 0.338 e. The van der Waals surface area contributed by atoms with Gasteiger partial charge in [0.05, 0.1) is 19.3 Å². The van der Waals surface area contributed by atoms with Crippen LogP contribution < -0.4 is 4.90 Å². The molecule has 1 aromatic rings. The van der Waals surface area contributed by atoms with E-state index in [2.05, 4.69) is 9.72 Å². The number of esters is 2. The third-order valence-corrected chi connectivity index (χ3v) is 2.50. The van der Waals surface area contributed by atoms with Crippen LogP contribution in [0.15, 0.2) is 18.3 Å². The number of hydrogen-bond acceptors (Lipinski definition) is 6. The molecule has 0 N–H and O–H groups in total. The molecule has 0 aromatic carbocycles. The van der Waals surface area contributed by atoms with Gasteiger partial charge in [0.25, 0.3) is 0 Å². The maximum Gasteiger partial charge on any atom is 0.338 e. The first-order chi connectivity index (χ1) is 9.12. The Hall–Kier alpha value is -2.11. The number of methoxy groups -OCH3 is 1. The van der Waals surface area contributed by atoms with E-state index in [-0.39, 0.29) is 12.5 Å². The van der Waals surface area contributed by atoms with Crippen LogP contribution >= 0.6 is 0 Å². The van der Waals surface area contributed by atoms with Gasteiger partial charge in [-0.3, -0.25) is 4.79 Å². The second-order valence-electron chi connectivity index (χ2n) is 3.71. The van der Waals surface area contributed by atoms with E-state index < -0.39 is 5.97 Å². The van der Waals surface area contributed by atoms with Gasteiger partial charge in [-0.15, -0.1) is 0 Å². The van der Waals surface area contributed by atoms with Gasteiger partial charge in [-0.2, -0.15) is 0 Å². The lowest BCUT2D eigenvalue weighted by atomic mass is 10.2. The maximum atomic E-state index is 11.5. The van der Waals surface area contributed by atoms with E-state index in [4.69, 9.17) is 4.74 Å². The molecule has 0 saturated heterocycles. The molecule has 0 saturated carbocycles. The predicted octanol–water partition coefficient (Wildman–Crippen LogP) is 1.26. The van der Waals surface area contributed by atoms with Crippen molar-refractivity contribution < 1.29 is 19.1 Å². The molecular weight excluding hydrogens is 248 g/mol. The van der Waals surface area contributed by atoms with Crippen molar-refractivity contribution in [3.8, 4) is 0 Å². The fourth-order valence-corrected chi connectivity index (χ4v) is 1.55. The highest BCUT2D eigenvalue weighted by molar-refractivity contribution is 5.90. The van der Waals surface area contributed by atoms with Crippen LogP contribution in [-0.4, -0.2) is 43.7 Å². The van der Waals surface area contributed by atoms with E-state index in [1.807, 2.05) is 6.92 Å². The molecule has 1 aromatic heterocycles. The Morgan fingerprint density at radius 1 is 1.37 bits per heavy atom. The van der Waals surface area contributed by atoms with Crippen LogP contribution in [0.5, 0.6) is 0 Å². The lowest BCUT2D eigenvalue weighted by Crippen LogP contribution is -2.31. The molecule has 0 aliphatic carbocycles. The van der Waals surface area contributed by atoms with Crippen LogP contribution in [0.1, 0.15) is 24.2 Å². The molecule has 6 nitrogen and oxygen atoms in total. The molecule has 0 amide bonds. The summed E-state index contributed by atoms with van der Waals surface area (Å²) in [6, 6.07) is 3.15. The zero-order valence-corrected chi connectivity index (χ0v) is 11.4. The highest BCUT2D eigenvalue weighted by atomic mass is 16.5. The monoisotopic (exact) mass is 266 g/mol. The maximum absolute atomic E-state index is 11.5. The van der Waals surface area contributed by atoms with Crippen molar-refractivity contribution in [1.29, 1.82) is 0 Å². The lowest BCUT2D eigenvalue weighted by molar-refractivity contribution is -0.141. The number of pyridine rings is 1. The van der Waals surface area contributed by atoms with Crippen LogP contribution in [0.2, 0.25) is 0 Å². The Balaban J connectivity index is 2.86. The van der Waals surface area contributed by atoms with Gasteiger partial charge in [-0.05, 0) is 26.0 Å². The number of anilines is 1. The molecule has 0 unspecified atom stereocenters. The van der Waals surface area contributed by atoms with Gasteiger partial charge in [0, 0.05) is 12.7 Å². The number of rotatable bonds is 6. The Morgan fingerprint density at radius 3 is 2.68 bits per heavy atom. The summed E-state index contributed by atoms with van der Waals surface area (Å²) < 4.78 is 9.54. The van der Waals surface area contributed by atoms with E-state index in [1.165, 1.54) is 13.3 Å². The fraction of sp³-hybridized carbons (Fsp3) is 0.462. The largest absolute Gasteiger partial charge is 0.465 e. The number of likely N-dealkylation sites (N-methyl/N-ethyl adjacent to an activating group) is 1. The zero-order chi connectivity index (χ0) is 14.3. The van der Waals surface area contributed by atoms with Crippen LogP contribution in [0.3, 0.4) is 0 Å². The Bertz CT molecular complexity index is 448. The van der Waals surface area contributed by atoms with Gasteiger partial charge < -0.3 is 14.4 Å². The van der Waals surface area contributed by atoms with Crippen LogP contribution in [0.4, 0.5) is 5.82 Å². The zero-order valence-electron chi connectivity index (χ0n) is 11.4. The van der Waals surface area contributed by atoms with Crippen molar-refractivity contribution in [2.24, 2.45) is 0 Å². The summed E-state index contributed by atoms with van der Waals surface area (Å²) in [5.41, 5.74) is 0.398. The Labute approximate surface area is 112 Å². The average Bonchev–Trinajstić information content (AvgIpc) is 2.44. The number of nitrogens with zero attached hydrogens (tertiary/aromatic N) is 2. The van der Waals surface area contributed by atoms with E-state index in [0.29, 0.717) is 24.5 Å². The molecule has 19 heavy (non-hydrogen) atoms. The summed E-state index contributed by atoms with van der Waals surface area (Å²) in [7, 11) is 1.32. The van der Waals surface area contributed by atoms with Crippen molar-refractivity contribution in [3.63, 3.8) is 0 Å². The van der Waals surface area contributed by atoms with Crippen molar-refractivity contribution in [3.05, 3.63) is 23.9 Å². The summed E-state index contributed by atoms with van der Waals surface area (Å²) in [6.07, 6.45) is 1.51. The van der Waals surface area contributed by atoms with Gasteiger partial charge in [0.15, 0.2) is 0 Å². The van der Waals surface area contributed by atoms with E-state index in [9.17, 15) is 9.59 Å². The molecule has 104 valence electrons. The Kier molecular flexibility index (Phi) is 5.78. The molecule has 0 atom stereocenters. The molecular formula is C13H18N2O4. The summed E-state index contributed by atoms with van der Waals surface area (Å²) in [5.74, 6) is -0.219. The third-order valence-electron chi connectivity index (χ3n) is 2.50. The van der Waals surface area contributed by atoms with Gasteiger partial charge in [-0.25, -0.2) is 9.78 Å². The van der Waals surface area contributed by atoms with E-state index in [1.54, 1.807) is 24.0 Å². The number of ether oxygens (including phenoxy) is 2. The highest BCUT2D eigenvalue weighted by Crippen LogP contribution is 2.13. The molecule has 0 fully saturated rings. The van der Waals surface area contributed by atoms with E-state index >= 15 is 0 Å². The topological polar surface area (TPSA) is 68.7 Å². The quantitative estimate of drug-likeness (QED) is 0.722. The van der Waals surface area contributed by atoms with Crippen LogP contribution in [0, 0.1) is 0 Å². The molecule has 0 bridgehead atoms. The second kappa shape index (κ2) is 7.35. The minimum absolute atomic E-state index is 0.0992. The second-order valence-corrected chi connectivity index (χ2v) is 3.71. The highest BCUT2D eigenvalue weighted by Gasteiger charge is 2.14. The molecule has 1 rings (SSSR count). The predicted molar refractivity (Wildman–Crippen MR) is 70.1 cm³/mol. The van der Waals surface area contributed by atoms with Crippen molar-refractivity contribution in [2.45, 2.75) is 13.8 Å². The number of carbonyl (C=O) groups excluding carboxylic acids is 2. The van der Waals surface area contributed by atoms with Crippen molar-refractivity contribution in [2.75, 3.05) is 31.7 Å². The molecule has 0 spiro atoms. The Morgan fingerprint density at radius 2 is 2.11 bits per heavy atom. The van der Waals surface area contributed by atoms with Gasteiger partial charge in [0.2, 0.25) is 0 Å². The minimum atomic E-state index is -0.434. The fourth-order valence-electron chi connectivity index (χ4n) is 1.55. The first kappa shape index (κ1) is 14.9. The van der Waals surface area contributed by atoms with Gasteiger partial charge in [0.1, 0.15) is 12.4 Å². The van der Waals surface area contributed by atoms with E-state index in [0.717, 1.165) is 0 Å². The van der Waals surface area contributed by atoms with Gasteiger partial charge in [-0.1, -0.05) is 0 Å². The summed E-state index contributed by atoms with van der Waals surface area (Å²) in [6.45, 7) is 4.67. The summed E-state index contributed by atoms with van der Waals surface area (Å²) in [4.78, 5) is 28.8. The van der Waals surface area contributed by atoms with Crippen LogP contribution in [0.25, 0.3) is 0 Å². The molecule has 0 aliphatic heterocycles. The third kappa shape index (κ3) is 4.24. The standard InChI is InChI=1S/C13H18N2O4/c1-4-15(9-12(16)19-5-2)11-8-10(6-7-14-11)13(17)18-3/h6-8H,4-5,9H2,1-3H3. The number of aromatic nitrogens is 1. The molecule has 0 radical (unpaired) electrons. The van der Waals surface area contributed by atoms with Crippen molar-refractivity contribution >= 4 is 17.8 Å². The SMILES string of the molecule is CCOC(=O)CN(CC)c1cc(C(=O)OC)ccn1. The normalized spacial score (nSPS) is 9.84. The summed E-state index contributed by atoms with van der Waals surface area (Å²) >= 11 is 0.